The molecule has 0 aromatic heterocycles. The van der Waals surface area contributed by atoms with E-state index in [1.807, 2.05) is 0 Å². The van der Waals surface area contributed by atoms with Crippen molar-refractivity contribution in [2.24, 2.45) is 17.3 Å². The normalized spacial score (nSPS) is 27.4. The van der Waals surface area contributed by atoms with Crippen molar-refractivity contribution in [3.05, 3.63) is 0 Å². The topological polar surface area (TPSA) is 23.5 Å². The van der Waals surface area contributed by atoms with Crippen molar-refractivity contribution in [1.82, 2.24) is 4.90 Å². The van der Waals surface area contributed by atoms with Gasteiger partial charge < -0.3 is 10.0 Å². The summed E-state index contributed by atoms with van der Waals surface area (Å²) in [6, 6.07) is 0. The summed E-state index contributed by atoms with van der Waals surface area (Å²) >= 11 is 0. The molecule has 0 amide bonds. The van der Waals surface area contributed by atoms with E-state index in [2.05, 4.69) is 25.7 Å². The Bertz CT molecular complexity index is 199. The van der Waals surface area contributed by atoms with Crippen LogP contribution >= 0.6 is 0 Å². The van der Waals surface area contributed by atoms with E-state index in [0.29, 0.717) is 11.3 Å². The zero-order valence-electron chi connectivity index (χ0n) is 9.66. The Kier molecular flexibility index (Phi) is 2.61. The smallest absolute Gasteiger partial charge is 0.0695 e. The number of hydrogen-bond acceptors (Lipinski definition) is 2. The molecule has 0 radical (unpaired) electrons. The van der Waals surface area contributed by atoms with Crippen LogP contribution in [0.3, 0.4) is 0 Å². The number of aliphatic hydroxyl groups is 1. The van der Waals surface area contributed by atoms with Gasteiger partial charge in [0.2, 0.25) is 0 Å². The maximum Gasteiger partial charge on any atom is 0.0695 e. The first-order valence-corrected chi connectivity index (χ1v) is 5.87. The molecule has 14 heavy (non-hydrogen) atoms. The molecule has 2 nitrogen and oxygen atoms in total. The number of likely N-dealkylation sites (tertiary alicyclic amines) is 1. The van der Waals surface area contributed by atoms with Crippen LogP contribution in [0.1, 0.15) is 33.6 Å². The molecule has 1 aliphatic heterocycles. The van der Waals surface area contributed by atoms with E-state index in [-0.39, 0.29) is 6.10 Å². The van der Waals surface area contributed by atoms with Crippen molar-refractivity contribution < 1.29 is 5.11 Å². The van der Waals surface area contributed by atoms with Gasteiger partial charge in [-0.25, -0.2) is 0 Å². The number of aliphatic hydroxyl groups excluding tert-OH is 1. The standard InChI is InChI=1S/C12H23NO/c1-12(2,3)10-6-13(7-10)8-11(14)9-4-5-9/h9-11,14H,4-8H2,1-3H3. The Hall–Kier alpha value is -0.0800. The molecule has 2 heteroatoms. The van der Waals surface area contributed by atoms with E-state index in [9.17, 15) is 5.11 Å². The Morgan fingerprint density at radius 3 is 2.29 bits per heavy atom. The number of hydrogen-bond donors (Lipinski definition) is 1. The molecule has 1 atom stereocenters. The largest absolute Gasteiger partial charge is 0.392 e. The second-order valence-electron chi connectivity index (χ2n) is 6.19. The molecule has 1 saturated carbocycles. The van der Waals surface area contributed by atoms with Gasteiger partial charge in [0.1, 0.15) is 0 Å². The van der Waals surface area contributed by atoms with Gasteiger partial charge in [0.15, 0.2) is 0 Å². The molecular weight excluding hydrogens is 174 g/mol. The summed E-state index contributed by atoms with van der Waals surface area (Å²) in [7, 11) is 0. The molecule has 0 bridgehead atoms. The van der Waals surface area contributed by atoms with Gasteiger partial charge in [0.05, 0.1) is 6.10 Å². The average molecular weight is 197 g/mol. The summed E-state index contributed by atoms with van der Waals surface area (Å²) < 4.78 is 0. The first kappa shape index (κ1) is 10.4. The zero-order valence-corrected chi connectivity index (χ0v) is 9.66. The van der Waals surface area contributed by atoms with Crippen LogP contribution in [0.25, 0.3) is 0 Å². The fourth-order valence-electron chi connectivity index (χ4n) is 2.16. The average Bonchev–Trinajstić information content (AvgIpc) is 2.73. The van der Waals surface area contributed by atoms with Crippen molar-refractivity contribution in [3.8, 4) is 0 Å². The molecular formula is C12H23NO. The fourth-order valence-corrected chi connectivity index (χ4v) is 2.16. The summed E-state index contributed by atoms with van der Waals surface area (Å²) in [5, 5.41) is 9.77. The lowest BCUT2D eigenvalue weighted by Crippen LogP contribution is -2.54. The first-order chi connectivity index (χ1) is 6.47. The van der Waals surface area contributed by atoms with Crippen LogP contribution in [0.5, 0.6) is 0 Å². The van der Waals surface area contributed by atoms with Gasteiger partial charge in [0, 0.05) is 19.6 Å². The van der Waals surface area contributed by atoms with Crippen LogP contribution in [-0.2, 0) is 0 Å². The third-order valence-electron chi connectivity index (χ3n) is 3.79. The Morgan fingerprint density at radius 2 is 1.86 bits per heavy atom. The predicted octanol–water partition coefficient (Wildman–Crippen LogP) is 1.74. The highest BCUT2D eigenvalue weighted by Crippen LogP contribution is 2.36. The quantitative estimate of drug-likeness (QED) is 0.745. The van der Waals surface area contributed by atoms with E-state index in [4.69, 9.17) is 0 Å². The predicted molar refractivity (Wildman–Crippen MR) is 58.1 cm³/mol. The van der Waals surface area contributed by atoms with Gasteiger partial charge in [-0.05, 0) is 30.1 Å². The first-order valence-electron chi connectivity index (χ1n) is 5.87. The third-order valence-corrected chi connectivity index (χ3v) is 3.79. The monoisotopic (exact) mass is 197 g/mol. The van der Waals surface area contributed by atoms with Crippen LogP contribution in [0.4, 0.5) is 0 Å². The summed E-state index contributed by atoms with van der Waals surface area (Å²) in [6.45, 7) is 10.2. The minimum absolute atomic E-state index is 0.0454. The molecule has 0 aromatic carbocycles. The van der Waals surface area contributed by atoms with E-state index in [1.165, 1.54) is 25.9 Å². The van der Waals surface area contributed by atoms with Crippen molar-refractivity contribution in [3.63, 3.8) is 0 Å². The van der Waals surface area contributed by atoms with Crippen LogP contribution in [-0.4, -0.2) is 35.7 Å². The van der Waals surface area contributed by atoms with Gasteiger partial charge in [-0.3, -0.25) is 0 Å². The lowest BCUT2D eigenvalue weighted by atomic mass is 9.76. The van der Waals surface area contributed by atoms with Crippen molar-refractivity contribution >= 4 is 0 Å². The fraction of sp³-hybridized carbons (Fsp3) is 1.00. The molecule has 1 aliphatic carbocycles. The number of rotatable bonds is 3. The van der Waals surface area contributed by atoms with Crippen LogP contribution in [0.15, 0.2) is 0 Å². The van der Waals surface area contributed by atoms with Crippen LogP contribution < -0.4 is 0 Å². The zero-order chi connectivity index (χ0) is 10.3. The Balaban J connectivity index is 1.67. The van der Waals surface area contributed by atoms with Gasteiger partial charge in [-0.1, -0.05) is 20.8 Å². The van der Waals surface area contributed by atoms with Crippen molar-refractivity contribution in [2.75, 3.05) is 19.6 Å². The highest BCUT2D eigenvalue weighted by molar-refractivity contribution is 4.91. The molecule has 1 saturated heterocycles. The minimum Gasteiger partial charge on any atom is -0.392 e. The second kappa shape index (κ2) is 3.49. The second-order valence-corrected chi connectivity index (χ2v) is 6.19. The molecule has 2 rings (SSSR count). The molecule has 2 aliphatic rings. The lowest BCUT2D eigenvalue weighted by molar-refractivity contribution is -0.0111. The minimum atomic E-state index is -0.0454. The van der Waals surface area contributed by atoms with Crippen molar-refractivity contribution in [2.45, 2.75) is 39.7 Å². The number of nitrogens with zero attached hydrogens (tertiary/aromatic N) is 1. The van der Waals surface area contributed by atoms with E-state index >= 15 is 0 Å². The Labute approximate surface area is 87.3 Å². The van der Waals surface area contributed by atoms with E-state index < -0.39 is 0 Å². The highest BCUT2D eigenvalue weighted by Gasteiger charge is 2.38. The SMILES string of the molecule is CC(C)(C)C1CN(CC(O)C2CC2)C1. The van der Waals surface area contributed by atoms with Gasteiger partial charge in [-0.15, -0.1) is 0 Å². The summed E-state index contributed by atoms with van der Waals surface area (Å²) in [5.74, 6) is 1.46. The van der Waals surface area contributed by atoms with Crippen LogP contribution in [0, 0.1) is 17.3 Å². The summed E-state index contributed by atoms with van der Waals surface area (Å²) in [5.41, 5.74) is 0.445. The molecule has 2 fully saturated rings. The maximum absolute atomic E-state index is 9.77. The third kappa shape index (κ3) is 2.29. The van der Waals surface area contributed by atoms with E-state index in [1.54, 1.807) is 0 Å². The molecule has 1 unspecified atom stereocenters. The summed E-state index contributed by atoms with van der Waals surface area (Å²) in [6.07, 6.45) is 2.45. The Morgan fingerprint density at radius 1 is 1.29 bits per heavy atom. The number of β-amino-alcohol motifs (C(OH)–C–C–N with tert-alkyl or cyclic N) is 1. The molecule has 0 spiro atoms. The van der Waals surface area contributed by atoms with Gasteiger partial charge >= 0.3 is 0 Å². The van der Waals surface area contributed by atoms with Gasteiger partial charge in [0.25, 0.3) is 0 Å². The molecule has 82 valence electrons. The molecule has 0 aromatic rings. The molecule has 1 heterocycles. The van der Waals surface area contributed by atoms with Crippen molar-refractivity contribution in [1.29, 1.82) is 0 Å². The van der Waals surface area contributed by atoms with Gasteiger partial charge in [-0.2, -0.15) is 0 Å². The van der Waals surface area contributed by atoms with Crippen LogP contribution in [0.2, 0.25) is 0 Å². The maximum atomic E-state index is 9.77. The highest BCUT2D eigenvalue weighted by atomic mass is 16.3. The molecule has 1 N–H and O–H groups in total. The van der Waals surface area contributed by atoms with E-state index in [0.717, 1.165) is 12.5 Å². The summed E-state index contributed by atoms with van der Waals surface area (Å²) in [4.78, 5) is 2.40. The lowest BCUT2D eigenvalue weighted by Gasteiger charge is -2.47.